The Balaban J connectivity index is 1.62. The van der Waals surface area contributed by atoms with E-state index >= 15 is 0 Å². The van der Waals surface area contributed by atoms with Crippen molar-refractivity contribution in [2.24, 2.45) is 0 Å². The quantitative estimate of drug-likeness (QED) is 0.867. The lowest BCUT2D eigenvalue weighted by Crippen LogP contribution is -2.37. The number of aromatic nitrogens is 5. The van der Waals surface area contributed by atoms with E-state index in [0.717, 1.165) is 43.3 Å². The number of rotatable bonds is 4. The Morgan fingerprint density at radius 2 is 2.42 bits per heavy atom. The summed E-state index contributed by atoms with van der Waals surface area (Å²) in [5.41, 5.74) is 1.12. The molecule has 1 aliphatic heterocycles. The van der Waals surface area contributed by atoms with Crippen LogP contribution < -0.4 is 5.32 Å². The van der Waals surface area contributed by atoms with E-state index in [2.05, 4.69) is 44.1 Å². The summed E-state index contributed by atoms with van der Waals surface area (Å²) in [4.78, 5) is 4.60. The van der Waals surface area contributed by atoms with Crippen molar-refractivity contribution in [2.45, 2.75) is 51.7 Å². The Kier molecular flexibility index (Phi) is 3.33. The van der Waals surface area contributed by atoms with Gasteiger partial charge in [-0.2, -0.15) is 10.2 Å². The number of aryl methyl sites for hydroxylation is 1. The van der Waals surface area contributed by atoms with Crippen LogP contribution in [0, 0.1) is 0 Å². The second kappa shape index (κ2) is 5.13. The maximum Gasteiger partial charge on any atom is 0.153 e. The summed E-state index contributed by atoms with van der Waals surface area (Å²) in [6.07, 6.45) is 3.90. The highest BCUT2D eigenvalue weighted by atomic mass is 15.4. The van der Waals surface area contributed by atoms with Gasteiger partial charge in [0, 0.05) is 36.8 Å². The number of nitrogens with one attached hydrogen (secondary N) is 2. The van der Waals surface area contributed by atoms with Crippen LogP contribution in [0.1, 0.15) is 43.5 Å². The zero-order valence-corrected chi connectivity index (χ0v) is 11.4. The van der Waals surface area contributed by atoms with Crippen LogP contribution in [0.2, 0.25) is 0 Å². The smallest absolute Gasteiger partial charge is 0.153 e. The average Bonchev–Trinajstić information content (AvgIpc) is 3.04. The van der Waals surface area contributed by atoms with Crippen molar-refractivity contribution < 1.29 is 0 Å². The summed E-state index contributed by atoms with van der Waals surface area (Å²) in [6.45, 7) is 6.00. The summed E-state index contributed by atoms with van der Waals surface area (Å²) in [6, 6.07) is 2.45. The predicted octanol–water partition coefficient (Wildman–Crippen LogP) is 1.23. The summed E-state index contributed by atoms with van der Waals surface area (Å²) >= 11 is 0. The lowest BCUT2D eigenvalue weighted by Gasteiger charge is -2.23. The van der Waals surface area contributed by atoms with E-state index in [9.17, 15) is 0 Å². The molecular formula is C13H20N6. The molecular weight excluding hydrogens is 240 g/mol. The SMILES string of the molecule is CC(C)c1nc2n(n1)CC(NCc1ccn[nH]1)CC2. The van der Waals surface area contributed by atoms with E-state index in [-0.39, 0.29) is 0 Å². The summed E-state index contributed by atoms with van der Waals surface area (Å²) < 4.78 is 2.06. The first-order chi connectivity index (χ1) is 9.22. The fourth-order valence-electron chi connectivity index (χ4n) is 2.38. The normalized spacial score (nSPS) is 18.8. The Labute approximate surface area is 112 Å². The number of hydrogen-bond acceptors (Lipinski definition) is 4. The molecule has 0 amide bonds. The number of hydrogen-bond donors (Lipinski definition) is 2. The fraction of sp³-hybridized carbons (Fsp3) is 0.615. The van der Waals surface area contributed by atoms with Gasteiger partial charge in [0.2, 0.25) is 0 Å². The highest BCUT2D eigenvalue weighted by Crippen LogP contribution is 2.17. The minimum absolute atomic E-state index is 0.398. The van der Waals surface area contributed by atoms with Gasteiger partial charge in [-0.15, -0.1) is 0 Å². The van der Waals surface area contributed by atoms with E-state index in [0.29, 0.717) is 12.0 Å². The number of aromatic amines is 1. The summed E-state index contributed by atoms with van der Waals surface area (Å²) in [7, 11) is 0. The van der Waals surface area contributed by atoms with E-state index in [1.807, 2.05) is 6.07 Å². The molecule has 1 aliphatic rings. The molecule has 3 heterocycles. The molecule has 0 aromatic carbocycles. The van der Waals surface area contributed by atoms with Gasteiger partial charge in [0.05, 0.1) is 6.54 Å². The molecule has 6 nitrogen and oxygen atoms in total. The highest BCUT2D eigenvalue weighted by molar-refractivity contribution is 5.02. The molecule has 1 unspecified atom stereocenters. The summed E-state index contributed by atoms with van der Waals surface area (Å²) in [5.74, 6) is 2.49. The van der Waals surface area contributed by atoms with Crippen LogP contribution in [-0.2, 0) is 19.5 Å². The van der Waals surface area contributed by atoms with Crippen molar-refractivity contribution in [3.8, 4) is 0 Å². The molecule has 2 N–H and O–H groups in total. The summed E-state index contributed by atoms with van der Waals surface area (Å²) in [5, 5.41) is 15.1. The highest BCUT2D eigenvalue weighted by Gasteiger charge is 2.22. The first-order valence-electron chi connectivity index (χ1n) is 6.87. The van der Waals surface area contributed by atoms with Gasteiger partial charge >= 0.3 is 0 Å². The zero-order valence-electron chi connectivity index (χ0n) is 11.4. The van der Waals surface area contributed by atoms with Crippen LogP contribution >= 0.6 is 0 Å². The molecule has 0 aliphatic carbocycles. The first kappa shape index (κ1) is 12.3. The third kappa shape index (κ3) is 2.68. The lowest BCUT2D eigenvalue weighted by molar-refractivity contribution is 0.356. The maximum atomic E-state index is 4.60. The van der Waals surface area contributed by atoms with Crippen molar-refractivity contribution >= 4 is 0 Å². The number of fused-ring (bicyclic) bond motifs is 1. The minimum Gasteiger partial charge on any atom is -0.307 e. The van der Waals surface area contributed by atoms with Crippen LogP contribution in [0.4, 0.5) is 0 Å². The van der Waals surface area contributed by atoms with Crippen LogP contribution in [0.3, 0.4) is 0 Å². The minimum atomic E-state index is 0.398. The van der Waals surface area contributed by atoms with Gasteiger partial charge in [-0.1, -0.05) is 13.8 Å². The number of nitrogens with zero attached hydrogens (tertiary/aromatic N) is 4. The van der Waals surface area contributed by atoms with Crippen LogP contribution in [0.25, 0.3) is 0 Å². The first-order valence-corrected chi connectivity index (χ1v) is 6.87. The van der Waals surface area contributed by atoms with Crippen molar-refractivity contribution in [2.75, 3.05) is 0 Å². The predicted molar refractivity (Wildman–Crippen MR) is 71.6 cm³/mol. The van der Waals surface area contributed by atoms with Crippen LogP contribution in [0.5, 0.6) is 0 Å². The van der Waals surface area contributed by atoms with Crippen LogP contribution in [-0.4, -0.2) is 31.0 Å². The molecule has 19 heavy (non-hydrogen) atoms. The molecule has 0 fully saturated rings. The van der Waals surface area contributed by atoms with Gasteiger partial charge < -0.3 is 5.32 Å². The van der Waals surface area contributed by atoms with E-state index in [1.165, 1.54) is 0 Å². The fourth-order valence-corrected chi connectivity index (χ4v) is 2.38. The molecule has 0 saturated carbocycles. The largest absolute Gasteiger partial charge is 0.307 e. The molecule has 1 atom stereocenters. The zero-order chi connectivity index (χ0) is 13.2. The Morgan fingerprint density at radius 3 is 3.16 bits per heavy atom. The molecule has 102 valence electrons. The van der Waals surface area contributed by atoms with E-state index in [4.69, 9.17) is 0 Å². The molecule has 0 bridgehead atoms. The monoisotopic (exact) mass is 260 g/mol. The van der Waals surface area contributed by atoms with Crippen molar-refractivity contribution in [1.82, 2.24) is 30.3 Å². The lowest BCUT2D eigenvalue weighted by atomic mass is 10.1. The van der Waals surface area contributed by atoms with Gasteiger partial charge in [0.25, 0.3) is 0 Å². The van der Waals surface area contributed by atoms with Gasteiger partial charge in [-0.3, -0.25) is 5.10 Å². The van der Waals surface area contributed by atoms with Crippen LogP contribution in [0.15, 0.2) is 12.3 Å². The van der Waals surface area contributed by atoms with E-state index in [1.54, 1.807) is 6.20 Å². The van der Waals surface area contributed by atoms with Gasteiger partial charge in [0.15, 0.2) is 5.82 Å². The Morgan fingerprint density at radius 1 is 1.53 bits per heavy atom. The van der Waals surface area contributed by atoms with Crippen molar-refractivity contribution in [3.63, 3.8) is 0 Å². The molecule has 2 aromatic heterocycles. The molecule has 2 aromatic rings. The second-order valence-corrected chi connectivity index (χ2v) is 5.42. The average molecular weight is 260 g/mol. The molecule has 0 radical (unpaired) electrons. The second-order valence-electron chi connectivity index (χ2n) is 5.42. The molecule has 3 rings (SSSR count). The van der Waals surface area contributed by atoms with Crippen molar-refractivity contribution in [3.05, 3.63) is 29.6 Å². The third-order valence-corrected chi connectivity index (χ3v) is 3.53. The van der Waals surface area contributed by atoms with Gasteiger partial charge in [0.1, 0.15) is 5.82 Å². The maximum absolute atomic E-state index is 4.60. The third-order valence-electron chi connectivity index (χ3n) is 3.53. The molecule has 6 heteroatoms. The number of H-pyrrole nitrogens is 1. The van der Waals surface area contributed by atoms with Crippen molar-refractivity contribution in [1.29, 1.82) is 0 Å². The standard InChI is InChI=1S/C13H20N6/c1-9(2)13-16-12-4-3-11(8-19(12)18-13)14-7-10-5-6-15-17-10/h5-6,9,11,14H,3-4,7-8H2,1-2H3,(H,15,17). The Bertz CT molecular complexity index is 527. The Hall–Kier alpha value is -1.69. The molecule has 0 spiro atoms. The van der Waals surface area contributed by atoms with Gasteiger partial charge in [-0.05, 0) is 12.5 Å². The topological polar surface area (TPSA) is 71.4 Å². The van der Waals surface area contributed by atoms with E-state index < -0.39 is 0 Å². The molecule has 0 saturated heterocycles. The van der Waals surface area contributed by atoms with Gasteiger partial charge in [-0.25, -0.2) is 9.67 Å².